The van der Waals surface area contributed by atoms with Crippen molar-refractivity contribution in [1.82, 2.24) is 4.98 Å². The minimum atomic E-state index is -0.0142. The molecule has 4 rings (SSSR count). The molecule has 1 atom stereocenters. The zero-order valence-electron chi connectivity index (χ0n) is 14.5. The number of piperidine rings is 1. The van der Waals surface area contributed by atoms with E-state index in [1.54, 1.807) is 11.3 Å². The number of amides is 1. The fourth-order valence-electron chi connectivity index (χ4n) is 3.33. The number of fused-ring (bicyclic) bond motifs is 1. The van der Waals surface area contributed by atoms with Crippen LogP contribution in [0.3, 0.4) is 0 Å². The van der Waals surface area contributed by atoms with E-state index in [0.29, 0.717) is 0 Å². The maximum absolute atomic E-state index is 12.7. The van der Waals surface area contributed by atoms with Gasteiger partial charge in [0.05, 0.1) is 16.1 Å². The molecular formula is C20H20BrN3OS. The van der Waals surface area contributed by atoms with Gasteiger partial charge in [-0.25, -0.2) is 4.98 Å². The molecule has 1 N–H and O–H groups in total. The molecule has 1 aliphatic rings. The molecule has 1 amide bonds. The summed E-state index contributed by atoms with van der Waals surface area (Å²) in [5.41, 5.74) is 3.00. The number of nitrogens with one attached hydrogen (secondary N) is 1. The van der Waals surface area contributed by atoms with Crippen LogP contribution in [0.4, 0.5) is 10.8 Å². The lowest BCUT2D eigenvalue weighted by Gasteiger charge is -2.31. The van der Waals surface area contributed by atoms with E-state index < -0.39 is 0 Å². The number of para-hydroxylation sites is 1. The van der Waals surface area contributed by atoms with Gasteiger partial charge in [-0.1, -0.05) is 39.4 Å². The summed E-state index contributed by atoms with van der Waals surface area (Å²) >= 11 is 5.20. The van der Waals surface area contributed by atoms with Gasteiger partial charge in [0.1, 0.15) is 0 Å². The van der Waals surface area contributed by atoms with Gasteiger partial charge in [0, 0.05) is 23.2 Å². The van der Waals surface area contributed by atoms with Crippen molar-refractivity contribution in [3.05, 3.63) is 52.5 Å². The Morgan fingerprint density at radius 3 is 2.96 bits per heavy atom. The van der Waals surface area contributed by atoms with Crippen molar-refractivity contribution >= 4 is 54.2 Å². The topological polar surface area (TPSA) is 45.2 Å². The van der Waals surface area contributed by atoms with Gasteiger partial charge < -0.3 is 10.2 Å². The van der Waals surface area contributed by atoms with Crippen LogP contribution in [0.5, 0.6) is 0 Å². The molecule has 4 nitrogen and oxygen atoms in total. The fraction of sp³-hybridized carbons (Fsp3) is 0.300. The Balaban J connectivity index is 1.47. The highest BCUT2D eigenvalue weighted by molar-refractivity contribution is 9.10. The minimum absolute atomic E-state index is 0.0142. The van der Waals surface area contributed by atoms with Gasteiger partial charge in [-0.3, -0.25) is 4.79 Å². The number of benzene rings is 2. The summed E-state index contributed by atoms with van der Waals surface area (Å²) in [6.45, 7) is 3.71. The van der Waals surface area contributed by atoms with E-state index in [9.17, 15) is 4.79 Å². The third-order valence-corrected chi connectivity index (χ3v) is 6.76. The van der Waals surface area contributed by atoms with E-state index in [4.69, 9.17) is 4.98 Å². The average molecular weight is 430 g/mol. The van der Waals surface area contributed by atoms with Gasteiger partial charge in [-0.2, -0.15) is 0 Å². The van der Waals surface area contributed by atoms with Crippen molar-refractivity contribution in [1.29, 1.82) is 0 Å². The smallest absolute Gasteiger partial charge is 0.229 e. The molecule has 0 radical (unpaired) electrons. The van der Waals surface area contributed by atoms with E-state index in [1.807, 2.05) is 43.3 Å². The Hall–Kier alpha value is -1.92. The highest BCUT2D eigenvalue weighted by Crippen LogP contribution is 2.31. The van der Waals surface area contributed by atoms with Crippen molar-refractivity contribution in [2.45, 2.75) is 19.8 Å². The van der Waals surface area contributed by atoms with Crippen molar-refractivity contribution in [3.8, 4) is 0 Å². The van der Waals surface area contributed by atoms with E-state index in [2.05, 4.69) is 32.2 Å². The molecule has 1 saturated heterocycles. The van der Waals surface area contributed by atoms with Gasteiger partial charge in [0.15, 0.2) is 5.13 Å². The maximum Gasteiger partial charge on any atom is 0.229 e. The maximum atomic E-state index is 12.7. The minimum Gasteiger partial charge on any atom is -0.347 e. The number of halogens is 1. The molecule has 26 heavy (non-hydrogen) atoms. The summed E-state index contributed by atoms with van der Waals surface area (Å²) in [6, 6.07) is 14.1. The first kappa shape index (κ1) is 17.5. The molecule has 0 aliphatic carbocycles. The third-order valence-electron chi connectivity index (χ3n) is 4.77. The molecule has 0 bridgehead atoms. The highest BCUT2D eigenvalue weighted by Gasteiger charge is 2.27. The number of aryl methyl sites for hydroxylation is 1. The summed E-state index contributed by atoms with van der Waals surface area (Å²) in [5.74, 6) is 0.0808. The van der Waals surface area contributed by atoms with Gasteiger partial charge in [0.25, 0.3) is 0 Å². The monoisotopic (exact) mass is 429 g/mol. The van der Waals surface area contributed by atoms with Gasteiger partial charge >= 0.3 is 0 Å². The lowest BCUT2D eigenvalue weighted by Crippen LogP contribution is -2.40. The number of hydrogen-bond donors (Lipinski definition) is 1. The van der Waals surface area contributed by atoms with Crippen molar-refractivity contribution < 1.29 is 4.79 Å². The number of thiazole rings is 1. The van der Waals surface area contributed by atoms with E-state index in [1.165, 1.54) is 4.70 Å². The summed E-state index contributed by atoms with van der Waals surface area (Å²) in [7, 11) is 0. The van der Waals surface area contributed by atoms with Crippen LogP contribution in [0.2, 0.25) is 0 Å². The molecule has 1 fully saturated rings. The molecule has 1 unspecified atom stereocenters. The fourth-order valence-corrected chi connectivity index (χ4v) is 4.57. The Bertz CT molecular complexity index is 922. The SMILES string of the molecule is Cc1cc(NC(=O)C2CCCN(c3nc4ccccc4s3)C2)ccc1Br. The Kier molecular flexibility index (Phi) is 4.96. The second-order valence-electron chi connectivity index (χ2n) is 6.70. The quantitative estimate of drug-likeness (QED) is 0.620. The number of anilines is 2. The van der Waals surface area contributed by atoms with Crippen molar-refractivity contribution in [2.75, 3.05) is 23.3 Å². The molecule has 6 heteroatoms. The summed E-state index contributed by atoms with van der Waals surface area (Å²) in [4.78, 5) is 19.7. The summed E-state index contributed by atoms with van der Waals surface area (Å²) in [6.07, 6.45) is 1.93. The predicted molar refractivity (Wildman–Crippen MR) is 112 cm³/mol. The second-order valence-corrected chi connectivity index (χ2v) is 8.57. The molecular weight excluding hydrogens is 410 g/mol. The number of nitrogens with zero attached hydrogens (tertiary/aromatic N) is 2. The van der Waals surface area contributed by atoms with Crippen LogP contribution in [0, 0.1) is 12.8 Å². The lowest BCUT2D eigenvalue weighted by atomic mass is 9.97. The number of carbonyl (C=O) groups is 1. The zero-order chi connectivity index (χ0) is 18.1. The van der Waals surface area contributed by atoms with Crippen LogP contribution in [-0.2, 0) is 4.79 Å². The molecule has 2 heterocycles. The molecule has 0 spiro atoms. The normalized spacial score (nSPS) is 17.5. The van der Waals surface area contributed by atoms with Gasteiger partial charge in [0.2, 0.25) is 5.91 Å². The first-order chi connectivity index (χ1) is 12.6. The Morgan fingerprint density at radius 1 is 1.31 bits per heavy atom. The summed E-state index contributed by atoms with van der Waals surface area (Å²) < 4.78 is 2.24. The van der Waals surface area contributed by atoms with Crippen LogP contribution in [0.25, 0.3) is 10.2 Å². The largest absolute Gasteiger partial charge is 0.347 e. The van der Waals surface area contributed by atoms with Gasteiger partial charge in [-0.15, -0.1) is 0 Å². The summed E-state index contributed by atoms with van der Waals surface area (Å²) in [5, 5.41) is 4.09. The van der Waals surface area contributed by atoms with E-state index in [0.717, 1.165) is 52.3 Å². The Morgan fingerprint density at radius 2 is 2.15 bits per heavy atom. The van der Waals surface area contributed by atoms with E-state index in [-0.39, 0.29) is 11.8 Å². The van der Waals surface area contributed by atoms with Crippen molar-refractivity contribution in [2.24, 2.45) is 5.92 Å². The Labute approximate surface area is 165 Å². The third kappa shape index (κ3) is 3.62. The zero-order valence-corrected chi connectivity index (χ0v) is 16.9. The first-order valence-corrected chi connectivity index (χ1v) is 10.4. The van der Waals surface area contributed by atoms with Crippen LogP contribution < -0.4 is 10.2 Å². The van der Waals surface area contributed by atoms with Crippen LogP contribution in [0.15, 0.2) is 46.9 Å². The molecule has 0 saturated carbocycles. The molecule has 134 valence electrons. The molecule has 1 aromatic heterocycles. The standard InChI is InChI=1S/C20H20BrN3OS/c1-13-11-15(8-9-16(13)21)22-19(25)14-5-4-10-24(12-14)20-23-17-6-2-3-7-18(17)26-20/h2-3,6-9,11,14H,4-5,10,12H2,1H3,(H,22,25). The lowest BCUT2D eigenvalue weighted by molar-refractivity contribution is -0.120. The second kappa shape index (κ2) is 7.37. The molecule has 2 aromatic carbocycles. The highest BCUT2D eigenvalue weighted by atomic mass is 79.9. The van der Waals surface area contributed by atoms with Crippen LogP contribution in [-0.4, -0.2) is 24.0 Å². The first-order valence-electron chi connectivity index (χ1n) is 8.78. The molecule has 1 aliphatic heterocycles. The van der Waals surface area contributed by atoms with Gasteiger partial charge in [-0.05, 0) is 55.7 Å². The number of rotatable bonds is 3. The predicted octanol–water partition coefficient (Wildman–Crippen LogP) is 5.22. The number of aromatic nitrogens is 1. The van der Waals surface area contributed by atoms with Crippen LogP contribution >= 0.6 is 27.3 Å². The number of hydrogen-bond acceptors (Lipinski definition) is 4. The van der Waals surface area contributed by atoms with E-state index >= 15 is 0 Å². The number of carbonyl (C=O) groups excluding carboxylic acids is 1. The van der Waals surface area contributed by atoms with Crippen LogP contribution in [0.1, 0.15) is 18.4 Å². The molecule has 3 aromatic rings. The van der Waals surface area contributed by atoms with Crippen molar-refractivity contribution in [3.63, 3.8) is 0 Å². The average Bonchev–Trinajstić information content (AvgIpc) is 3.09.